The van der Waals surface area contributed by atoms with Crippen molar-refractivity contribution in [1.29, 1.82) is 0 Å². The van der Waals surface area contributed by atoms with Gasteiger partial charge in [-0.3, -0.25) is 4.79 Å². The van der Waals surface area contributed by atoms with Crippen LogP contribution in [-0.2, 0) is 0 Å². The Labute approximate surface area is 128 Å². The first-order chi connectivity index (χ1) is 10.7. The highest BCUT2D eigenvalue weighted by Gasteiger charge is 2.42. The minimum Gasteiger partial charge on any atom is -0.459 e. The summed E-state index contributed by atoms with van der Waals surface area (Å²) in [5.41, 5.74) is 0.664. The third-order valence-corrected chi connectivity index (χ3v) is 4.15. The predicted octanol–water partition coefficient (Wildman–Crippen LogP) is 3.96. The summed E-state index contributed by atoms with van der Waals surface area (Å²) >= 11 is 0. The van der Waals surface area contributed by atoms with E-state index in [9.17, 15) is 4.79 Å². The molecule has 0 unspecified atom stereocenters. The van der Waals surface area contributed by atoms with E-state index in [1.807, 2.05) is 12.1 Å². The average molecular weight is 299 g/mol. The van der Waals surface area contributed by atoms with E-state index >= 15 is 0 Å². The molecular formula is C17H17NO4. The second-order valence-electron chi connectivity index (χ2n) is 5.77. The van der Waals surface area contributed by atoms with Gasteiger partial charge in [-0.15, -0.1) is 0 Å². The molecule has 2 aliphatic rings. The Kier molecular flexibility index (Phi) is 3.06. The third-order valence-electron chi connectivity index (χ3n) is 4.15. The van der Waals surface area contributed by atoms with Gasteiger partial charge < -0.3 is 19.2 Å². The molecule has 5 nitrogen and oxygen atoms in total. The Hall–Kier alpha value is -2.43. The summed E-state index contributed by atoms with van der Waals surface area (Å²) in [4.78, 5) is 12.0. The van der Waals surface area contributed by atoms with Crippen LogP contribution < -0.4 is 14.8 Å². The normalized spacial score (nSPS) is 18.4. The molecule has 1 spiro atoms. The molecule has 1 aromatic heterocycles. The molecule has 1 fully saturated rings. The minimum atomic E-state index is -0.496. The third kappa shape index (κ3) is 2.32. The van der Waals surface area contributed by atoms with Gasteiger partial charge in [0.15, 0.2) is 17.3 Å². The number of fused-ring (bicyclic) bond motifs is 1. The van der Waals surface area contributed by atoms with Crippen molar-refractivity contribution in [2.24, 2.45) is 0 Å². The highest BCUT2D eigenvalue weighted by atomic mass is 16.7. The molecule has 0 atom stereocenters. The second kappa shape index (κ2) is 5.09. The molecule has 0 radical (unpaired) electrons. The van der Waals surface area contributed by atoms with Crippen molar-refractivity contribution in [3.8, 4) is 11.5 Å². The topological polar surface area (TPSA) is 60.7 Å². The fourth-order valence-electron chi connectivity index (χ4n) is 3.07. The van der Waals surface area contributed by atoms with Crippen molar-refractivity contribution in [3.05, 3.63) is 42.4 Å². The molecule has 1 aliphatic carbocycles. The summed E-state index contributed by atoms with van der Waals surface area (Å²) in [6.45, 7) is 0. The Bertz CT molecular complexity index is 687. The lowest BCUT2D eigenvalue weighted by molar-refractivity contribution is -0.105. The van der Waals surface area contributed by atoms with E-state index < -0.39 is 5.79 Å². The highest BCUT2D eigenvalue weighted by Crippen LogP contribution is 2.46. The van der Waals surface area contributed by atoms with Gasteiger partial charge in [0.05, 0.1) is 6.26 Å². The van der Waals surface area contributed by atoms with E-state index in [1.54, 1.807) is 18.2 Å². The van der Waals surface area contributed by atoms with Crippen molar-refractivity contribution >= 4 is 11.6 Å². The van der Waals surface area contributed by atoms with Gasteiger partial charge in [0.25, 0.3) is 11.7 Å². The summed E-state index contributed by atoms with van der Waals surface area (Å²) in [5, 5.41) is 2.80. The lowest BCUT2D eigenvalue weighted by Crippen LogP contribution is -2.40. The fraction of sp³-hybridized carbons (Fsp3) is 0.353. The van der Waals surface area contributed by atoms with Gasteiger partial charge in [0.1, 0.15) is 0 Å². The maximum absolute atomic E-state index is 12.0. The average Bonchev–Trinajstić information content (AvgIpc) is 3.15. The van der Waals surface area contributed by atoms with Gasteiger partial charge >= 0.3 is 0 Å². The molecule has 1 amide bonds. The van der Waals surface area contributed by atoms with Crippen LogP contribution >= 0.6 is 0 Å². The Morgan fingerprint density at radius 1 is 1.05 bits per heavy atom. The first-order valence-corrected chi connectivity index (χ1v) is 7.61. The number of anilines is 1. The summed E-state index contributed by atoms with van der Waals surface area (Å²) in [6, 6.07) is 8.77. The Balaban J connectivity index is 1.52. The highest BCUT2D eigenvalue weighted by molar-refractivity contribution is 6.02. The van der Waals surface area contributed by atoms with Gasteiger partial charge in [-0.25, -0.2) is 0 Å². The number of hydrogen-bond acceptors (Lipinski definition) is 4. The van der Waals surface area contributed by atoms with Crippen LogP contribution in [0.2, 0.25) is 0 Å². The second-order valence-corrected chi connectivity index (χ2v) is 5.77. The van der Waals surface area contributed by atoms with Crippen molar-refractivity contribution < 1.29 is 18.7 Å². The molecule has 22 heavy (non-hydrogen) atoms. The summed E-state index contributed by atoms with van der Waals surface area (Å²) in [5.74, 6) is 0.944. The zero-order valence-electron chi connectivity index (χ0n) is 12.1. The lowest BCUT2D eigenvalue weighted by atomic mass is 9.94. The standard InChI is InChI=1S/C17H17NO4/c19-16(14-5-4-10-20-14)18-12-6-7-13-15(11-12)22-17(21-13)8-2-1-3-9-17/h4-7,10-11H,1-3,8-9H2,(H,18,19). The van der Waals surface area contributed by atoms with Crippen LogP contribution in [-0.4, -0.2) is 11.7 Å². The molecular weight excluding hydrogens is 282 g/mol. The number of ether oxygens (including phenoxy) is 2. The smallest absolute Gasteiger partial charge is 0.291 e. The van der Waals surface area contributed by atoms with E-state index in [4.69, 9.17) is 13.9 Å². The summed E-state index contributed by atoms with van der Waals surface area (Å²) in [7, 11) is 0. The van der Waals surface area contributed by atoms with Gasteiger partial charge in [0.2, 0.25) is 0 Å². The zero-order valence-corrected chi connectivity index (χ0v) is 12.1. The number of furan rings is 1. The fourth-order valence-corrected chi connectivity index (χ4v) is 3.07. The van der Waals surface area contributed by atoms with Crippen molar-refractivity contribution in [2.45, 2.75) is 37.9 Å². The molecule has 0 bridgehead atoms. The number of rotatable bonds is 2. The van der Waals surface area contributed by atoms with Crippen LogP contribution in [0, 0.1) is 0 Å². The summed E-state index contributed by atoms with van der Waals surface area (Å²) in [6.07, 6.45) is 6.77. The first-order valence-electron chi connectivity index (χ1n) is 7.61. The largest absolute Gasteiger partial charge is 0.459 e. The maximum atomic E-state index is 12.0. The molecule has 2 aromatic rings. The molecule has 1 saturated carbocycles. The van der Waals surface area contributed by atoms with E-state index in [0.717, 1.165) is 31.4 Å². The van der Waals surface area contributed by atoms with E-state index in [0.29, 0.717) is 11.4 Å². The number of carbonyl (C=O) groups is 1. The number of benzene rings is 1. The monoisotopic (exact) mass is 299 g/mol. The number of nitrogens with one attached hydrogen (secondary N) is 1. The van der Waals surface area contributed by atoms with E-state index in [-0.39, 0.29) is 11.7 Å². The predicted molar refractivity (Wildman–Crippen MR) is 80.2 cm³/mol. The van der Waals surface area contributed by atoms with Crippen molar-refractivity contribution in [2.75, 3.05) is 5.32 Å². The van der Waals surface area contributed by atoms with Crippen LogP contribution in [0.15, 0.2) is 41.0 Å². The van der Waals surface area contributed by atoms with Gasteiger partial charge in [-0.1, -0.05) is 6.42 Å². The van der Waals surface area contributed by atoms with Crippen LogP contribution in [0.5, 0.6) is 11.5 Å². The van der Waals surface area contributed by atoms with Crippen LogP contribution in [0.1, 0.15) is 42.7 Å². The van der Waals surface area contributed by atoms with Crippen molar-refractivity contribution in [3.63, 3.8) is 0 Å². The number of carbonyl (C=O) groups excluding carboxylic acids is 1. The molecule has 2 heterocycles. The molecule has 0 saturated heterocycles. The first kappa shape index (κ1) is 13.2. The molecule has 1 N–H and O–H groups in total. The molecule has 1 aliphatic heterocycles. The molecule has 1 aromatic carbocycles. The SMILES string of the molecule is O=C(Nc1ccc2c(c1)OC1(CCCCC1)O2)c1ccco1. The zero-order chi connectivity index (χ0) is 15.0. The lowest BCUT2D eigenvalue weighted by Gasteiger charge is -2.31. The Morgan fingerprint density at radius 3 is 2.64 bits per heavy atom. The van der Waals surface area contributed by atoms with Gasteiger partial charge in [0, 0.05) is 24.6 Å². The Morgan fingerprint density at radius 2 is 1.86 bits per heavy atom. The number of amides is 1. The van der Waals surface area contributed by atoms with Gasteiger partial charge in [-0.2, -0.15) is 0 Å². The maximum Gasteiger partial charge on any atom is 0.291 e. The summed E-state index contributed by atoms with van der Waals surface area (Å²) < 4.78 is 17.1. The van der Waals surface area contributed by atoms with Gasteiger partial charge in [-0.05, 0) is 37.1 Å². The van der Waals surface area contributed by atoms with Crippen LogP contribution in [0.3, 0.4) is 0 Å². The minimum absolute atomic E-state index is 0.279. The molecule has 114 valence electrons. The van der Waals surface area contributed by atoms with E-state index in [1.165, 1.54) is 12.7 Å². The molecule has 5 heteroatoms. The molecule has 4 rings (SSSR count). The quantitative estimate of drug-likeness (QED) is 0.911. The van der Waals surface area contributed by atoms with Crippen LogP contribution in [0.4, 0.5) is 5.69 Å². The van der Waals surface area contributed by atoms with Crippen molar-refractivity contribution in [1.82, 2.24) is 0 Å². The number of hydrogen-bond donors (Lipinski definition) is 1. The van der Waals surface area contributed by atoms with Crippen LogP contribution in [0.25, 0.3) is 0 Å². The van der Waals surface area contributed by atoms with E-state index in [2.05, 4.69) is 5.32 Å².